The first-order chi connectivity index (χ1) is 12.4. The molecular formula is C19H16N2O3S2. The Kier molecular flexibility index (Phi) is 5.20. The molecule has 132 valence electrons. The number of hydrogen-bond donors (Lipinski definition) is 0. The molecule has 0 atom stereocenters. The summed E-state index contributed by atoms with van der Waals surface area (Å²) in [6.45, 7) is 3.99. The molecule has 1 saturated heterocycles. The second-order valence-corrected chi connectivity index (χ2v) is 7.48. The third-order valence-corrected chi connectivity index (χ3v) is 5.40. The first-order valence-electron chi connectivity index (χ1n) is 8.03. The smallest absolute Gasteiger partial charge is 0.268 e. The zero-order valence-electron chi connectivity index (χ0n) is 14.3. The van der Waals surface area contributed by atoms with Crippen molar-refractivity contribution < 1.29 is 9.72 Å². The highest BCUT2D eigenvalue weighted by molar-refractivity contribution is 8.27. The van der Waals surface area contributed by atoms with Crippen LogP contribution < -0.4 is 4.90 Å². The van der Waals surface area contributed by atoms with E-state index in [2.05, 4.69) is 0 Å². The van der Waals surface area contributed by atoms with Gasteiger partial charge in [0.15, 0.2) is 4.32 Å². The predicted octanol–water partition coefficient (Wildman–Crippen LogP) is 4.87. The Balaban J connectivity index is 2.00. The van der Waals surface area contributed by atoms with Gasteiger partial charge in [-0.3, -0.25) is 19.8 Å². The summed E-state index contributed by atoms with van der Waals surface area (Å²) in [5.74, 6) is -0.199. The lowest BCUT2D eigenvalue weighted by Gasteiger charge is -2.20. The highest BCUT2D eigenvalue weighted by Gasteiger charge is 2.35. The maximum atomic E-state index is 13.0. The molecule has 0 spiro atoms. The Morgan fingerprint density at radius 1 is 1.27 bits per heavy atom. The number of thiocarbonyl (C=S) groups is 1. The van der Waals surface area contributed by atoms with Crippen LogP contribution >= 0.6 is 24.0 Å². The minimum absolute atomic E-state index is 0.0126. The highest BCUT2D eigenvalue weighted by Crippen LogP contribution is 2.39. The molecule has 1 aliphatic rings. The van der Waals surface area contributed by atoms with Crippen LogP contribution in [0.3, 0.4) is 0 Å². The van der Waals surface area contributed by atoms with E-state index in [0.29, 0.717) is 14.8 Å². The second kappa shape index (κ2) is 7.39. The van der Waals surface area contributed by atoms with Crippen molar-refractivity contribution in [1.82, 2.24) is 0 Å². The molecule has 26 heavy (non-hydrogen) atoms. The number of non-ortho nitro benzene ring substituents is 1. The van der Waals surface area contributed by atoms with Gasteiger partial charge in [0, 0.05) is 12.1 Å². The summed E-state index contributed by atoms with van der Waals surface area (Å²) in [5.41, 5.74) is 3.46. The fourth-order valence-corrected chi connectivity index (χ4v) is 4.14. The lowest BCUT2D eigenvalue weighted by molar-refractivity contribution is -0.384. The molecule has 0 radical (unpaired) electrons. The molecule has 1 heterocycles. The Bertz CT molecular complexity index is 954. The van der Waals surface area contributed by atoms with Gasteiger partial charge in [-0.2, -0.15) is 0 Å². The number of carbonyl (C=O) groups is 1. The molecule has 0 unspecified atom stereocenters. The van der Waals surface area contributed by atoms with Crippen LogP contribution in [0.15, 0.2) is 47.4 Å². The van der Waals surface area contributed by atoms with Gasteiger partial charge in [0.2, 0.25) is 0 Å². The number of aryl methyl sites for hydroxylation is 2. The number of carbonyl (C=O) groups excluding carboxylic acids is 1. The molecule has 7 heteroatoms. The minimum Gasteiger partial charge on any atom is -0.268 e. The van der Waals surface area contributed by atoms with Gasteiger partial charge in [-0.1, -0.05) is 61.2 Å². The number of rotatable bonds is 4. The Labute approximate surface area is 160 Å². The molecule has 2 aromatic rings. The molecule has 0 aliphatic carbocycles. The number of amides is 1. The van der Waals surface area contributed by atoms with Crippen molar-refractivity contribution >= 4 is 51.7 Å². The number of para-hydroxylation sites is 1. The van der Waals surface area contributed by atoms with Crippen LogP contribution in [-0.4, -0.2) is 15.2 Å². The first-order valence-corrected chi connectivity index (χ1v) is 9.25. The van der Waals surface area contributed by atoms with E-state index in [1.807, 2.05) is 32.0 Å². The number of benzene rings is 2. The van der Waals surface area contributed by atoms with Gasteiger partial charge in [0.1, 0.15) is 0 Å². The Morgan fingerprint density at radius 2 is 2.00 bits per heavy atom. The van der Waals surface area contributed by atoms with Crippen LogP contribution in [0, 0.1) is 17.0 Å². The van der Waals surface area contributed by atoms with E-state index in [4.69, 9.17) is 12.2 Å². The molecule has 0 saturated carbocycles. The molecule has 5 nitrogen and oxygen atoms in total. The van der Waals surface area contributed by atoms with Gasteiger partial charge in [-0.05, 0) is 36.1 Å². The Morgan fingerprint density at radius 3 is 2.69 bits per heavy atom. The fraction of sp³-hybridized carbons (Fsp3) is 0.158. The zero-order chi connectivity index (χ0) is 18.8. The molecule has 3 rings (SSSR count). The van der Waals surface area contributed by atoms with E-state index in [9.17, 15) is 14.9 Å². The van der Waals surface area contributed by atoms with E-state index >= 15 is 0 Å². The first kappa shape index (κ1) is 18.3. The quantitative estimate of drug-likeness (QED) is 0.326. The second-order valence-electron chi connectivity index (χ2n) is 5.81. The molecule has 0 aromatic heterocycles. The van der Waals surface area contributed by atoms with E-state index in [-0.39, 0.29) is 11.6 Å². The minimum atomic E-state index is -0.455. The van der Waals surface area contributed by atoms with Crippen molar-refractivity contribution in [2.24, 2.45) is 0 Å². The van der Waals surface area contributed by atoms with Gasteiger partial charge in [0.25, 0.3) is 11.6 Å². The number of hydrogen-bond acceptors (Lipinski definition) is 5. The van der Waals surface area contributed by atoms with E-state index in [1.165, 1.54) is 23.9 Å². The summed E-state index contributed by atoms with van der Waals surface area (Å²) < 4.78 is 0.468. The van der Waals surface area contributed by atoms with Crippen LogP contribution in [0.25, 0.3) is 6.08 Å². The van der Waals surface area contributed by atoms with E-state index in [1.54, 1.807) is 23.1 Å². The van der Waals surface area contributed by atoms with Gasteiger partial charge in [0.05, 0.1) is 15.5 Å². The predicted molar refractivity (Wildman–Crippen MR) is 109 cm³/mol. The van der Waals surface area contributed by atoms with Gasteiger partial charge >= 0.3 is 0 Å². The topological polar surface area (TPSA) is 63.5 Å². The molecule has 1 amide bonds. The van der Waals surface area contributed by atoms with Crippen molar-refractivity contribution in [1.29, 1.82) is 0 Å². The summed E-state index contributed by atoms with van der Waals surface area (Å²) in [4.78, 5) is 25.5. The normalized spacial score (nSPS) is 15.8. The van der Waals surface area contributed by atoms with Crippen molar-refractivity contribution in [2.75, 3.05) is 4.90 Å². The average Bonchev–Trinajstić information content (AvgIpc) is 2.88. The number of nitrogens with zero attached hydrogens (tertiary/aromatic N) is 2. The summed E-state index contributed by atoms with van der Waals surface area (Å²) in [7, 11) is 0. The largest absolute Gasteiger partial charge is 0.270 e. The highest BCUT2D eigenvalue weighted by atomic mass is 32.2. The van der Waals surface area contributed by atoms with Crippen molar-refractivity contribution in [2.45, 2.75) is 20.3 Å². The van der Waals surface area contributed by atoms with Gasteiger partial charge < -0.3 is 0 Å². The van der Waals surface area contributed by atoms with Crippen LogP contribution in [-0.2, 0) is 11.2 Å². The van der Waals surface area contributed by atoms with Crippen LogP contribution in [0.5, 0.6) is 0 Å². The fourth-order valence-electron chi connectivity index (χ4n) is 2.86. The maximum absolute atomic E-state index is 13.0. The third-order valence-electron chi connectivity index (χ3n) is 4.10. The lowest BCUT2D eigenvalue weighted by Crippen LogP contribution is -2.29. The molecule has 1 fully saturated rings. The van der Waals surface area contributed by atoms with Gasteiger partial charge in [-0.25, -0.2) is 0 Å². The standard InChI is InChI=1S/C19H16N2O3S2/c1-3-14-8-4-6-12(2)17(14)20-18(22)16(26-19(20)25)11-13-7-5-9-15(10-13)21(23)24/h4-11H,3H2,1-2H3/b16-11-. The lowest BCUT2D eigenvalue weighted by atomic mass is 10.0. The molecule has 0 N–H and O–H groups in total. The summed E-state index contributed by atoms with van der Waals surface area (Å²) in [5, 5.41) is 10.9. The average molecular weight is 384 g/mol. The van der Waals surface area contributed by atoms with Crippen LogP contribution in [0.2, 0.25) is 0 Å². The monoisotopic (exact) mass is 384 g/mol. The van der Waals surface area contributed by atoms with Crippen molar-refractivity contribution in [3.05, 3.63) is 74.2 Å². The van der Waals surface area contributed by atoms with Gasteiger partial charge in [-0.15, -0.1) is 0 Å². The number of anilines is 1. The summed E-state index contributed by atoms with van der Waals surface area (Å²) in [6.07, 6.45) is 2.44. The zero-order valence-corrected chi connectivity index (χ0v) is 15.9. The molecule has 2 aromatic carbocycles. The summed E-state index contributed by atoms with van der Waals surface area (Å²) >= 11 is 6.66. The number of nitro benzene ring substituents is 1. The molecule has 0 bridgehead atoms. The van der Waals surface area contributed by atoms with Crippen LogP contribution in [0.4, 0.5) is 11.4 Å². The molecular weight excluding hydrogens is 368 g/mol. The maximum Gasteiger partial charge on any atom is 0.270 e. The van der Waals surface area contributed by atoms with Crippen molar-refractivity contribution in [3.8, 4) is 0 Å². The SMILES string of the molecule is CCc1cccc(C)c1N1C(=O)/C(=C/c2cccc([N+](=O)[O-])c2)SC1=S. The van der Waals surface area contributed by atoms with Crippen molar-refractivity contribution in [3.63, 3.8) is 0 Å². The third kappa shape index (κ3) is 3.40. The summed E-state index contributed by atoms with van der Waals surface area (Å²) in [6, 6.07) is 12.1. The van der Waals surface area contributed by atoms with E-state index in [0.717, 1.165) is 23.2 Å². The van der Waals surface area contributed by atoms with Crippen LogP contribution in [0.1, 0.15) is 23.6 Å². The Hall–Kier alpha value is -2.51. The number of nitro groups is 1. The molecule has 1 aliphatic heterocycles. The van der Waals surface area contributed by atoms with E-state index < -0.39 is 4.92 Å². The number of thioether (sulfide) groups is 1.